The summed E-state index contributed by atoms with van der Waals surface area (Å²) in [5.41, 5.74) is 2.10. The minimum absolute atomic E-state index is 0.683. The van der Waals surface area contributed by atoms with Crippen molar-refractivity contribution in [3.05, 3.63) is 53.9 Å². The summed E-state index contributed by atoms with van der Waals surface area (Å²) in [5, 5.41) is 3.24. The second-order valence-corrected chi connectivity index (χ2v) is 3.79. The number of nitrogens with zero attached hydrogens (tertiary/aromatic N) is 3. The van der Waals surface area contributed by atoms with Crippen LogP contribution in [-0.4, -0.2) is 21.5 Å². The van der Waals surface area contributed by atoms with Crippen molar-refractivity contribution in [3.63, 3.8) is 0 Å². The molecule has 2 heterocycles. The van der Waals surface area contributed by atoms with E-state index in [0.29, 0.717) is 6.42 Å². The molecule has 88 valence electrons. The van der Waals surface area contributed by atoms with Crippen LogP contribution >= 0.6 is 0 Å². The van der Waals surface area contributed by atoms with Gasteiger partial charge in [0.1, 0.15) is 5.82 Å². The van der Waals surface area contributed by atoms with Gasteiger partial charge in [-0.1, -0.05) is 13.0 Å². The molecule has 0 spiro atoms. The molecule has 4 nitrogen and oxygen atoms in total. The summed E-state index contributed by atoms with van der Waals surface area (Å²) in [6.07, 6.45) is 6.21. The summed E-state index contributed by atoms with van der Waals surface area (Å²) < 4.78 is 0. The molecule has 0 amide bonds. The number of pyridine rings is 1. The maximum absolute atomic E-state index is 4.34. The van der Waals surface area contributed by atoms with Crippen molar-refractivity contribution in [2.24, 2.45) is 0 Å². The highest BCUT2D eigenvalue weighted by Crippen LogP contribution is 2.02. The first-order chi connectivity index (χ1) is 8.38. The standard InChI is InChI=1S/C13H16N4/c1-2-14-8-11-9-16-13(17-10-11)7-12-5-3-4-6-15-12/h3-6,9-10,14H,2,7-8H2,1H3. The van der Waals surface area contributed by atoms with Crippen molar-refractivity contribution in [2.45, 2.75) is 19.9 Å². The van der Waals surface area contributed by atoms with Crippen LogP contribution in [0.2, 0.25) is 0 Å². The molecule has 4 heteroatoms. The van der Waals surface area contributed by atoms with Gasteiger partial charge in [-0.25, -0.2) is 9.97 Å². The fourth-order valence-electron chi connectivity index (χ4n) is 1.50. The van der Waals surface area contributed by atoms with E-state index in [-0.39, 0.29) is 0 Å². The summed E-state index contributed by atoms with van der Waals surface area (Å²) in [7, 11) is 0. The van der Waals surface area contributed by atoms with Crippen LogP contribution in [0.3, 0.4) is 0 Å². The smallest absolute Gasteiger partial charge is 0.134 e. The predicted molar refractivity (Wildman–Crippen MR) is 66.5 cm³/mol. The summed E-state index contributed by atoms with van der Waals surface area (Å²) in [5.74, 6) is 0.809. The lowest BCUT2D eigenvalue weighted by atomic mass is 10.2. The molecule has 2 aromatic heterocycles. The van der Waals surface area contributed by atoms with Gasteiger partial charge in [-0.2, -0.15) is 0 Å². The van der Waals surface area contributed by atoms with Crippen LogP contribution in [0.15, 0.2) is 36.8 Å². The molecule has 0 aliphatic rings. The molecule has 0 fully saturated rings. The number of hydrogen-bond acceptors (Lipinski definition) is 4. The van der Waals surface area contributed by atoms with Crippen molar-refractivity contribution >= 4 is 0 Å². The maximum Gasteiger partial charge on any atom is 0.134 e. The van der Waals surface area contributed by atoms with Crippen LogP contribution in [0.4, 0.5) is 0 Å². The average molecular weight is 228 g/mol. The maximum atomic E-state index is 4.34. The van der Waals surface area contributed by atoms with E-state index in [1.165, 1.54) is 0 Å². The van der Waals surface area contributed by atoms with E-state index >= 15 is 0 Å². The Kier molecular flexibility index (Phi) is 4.16. The predicted octanol–water partition coefficient (Wildman–Crippen LogP) is 1.57. The van der Waals surface area contributed by atoms with Gasteiger partial charge < -0.3 is 5.32 Å². The Hall–Kier alpha value is -1.81. The highest BCUT2D eigenvalue weighted by molar-refractivity contribution is 5.11. The zero-order chi connectivity index (χ0) is 11.9. The van der Waals surface area contributed by atoms with E-state index in [9.17, 15) is 0 Å². The van der Waals surface area contributed by atoms with Crippen molar-refractivity contribution in [3.8, 4) is 0 Å². The van der Waals surface area contributed by atoms with Crippen LogP contribution in [0, 0.1) is 0 Å². The SMILES string of the molecule is CCNCc1cnc(Cc2ccccn2)nc1. The quantitative estimate of drug-likeness (QED) is 0.844. The summed E-state index contributed by atoms with van der Waals surface area (Å²) in [4.78, 5) is 12.9. The van der Waals surface area contributed by atoms with E-state index in [4.69, 9.17) is 0 Å². The van der Waals surface area contributed by atoms with E-state index in [1.54, 1.807) is 6.20 Å². The van der Waals surface area contributed by atoms with Gasteiger partial charge in [0.25, 0.3) is 0 Å². The lowest BCUT2D eigenvalue weighted by Gasteiger charge is -2.03. The van der Waals surface area contributed by atoms with Crippen LogP contribution in [0.1, 0.15) is 24.0 Å². The van der Waals surface area contributed by atoms with Crippen molar-refractivity contribution < 1.29 is 0 Å². The van der Waals surface area contributed by atoms with Gasteiger partial charge in [0.15, 0.2) is 0 Å². The Morgan fingerprint density at radius 3 is 2.59 bits per heavy atom. The van der Waals surface area contributed by atoms with Crippen LogP contribution in [0.5, 0.6) is 0 Å². The first-order valence-corrected chi connectivity index (χ1v) is 5.79. The van der Waals surface area contributed by atoms with Gasteiger partial charge in [-0.05, 0) is 18.7 Å². The zero-order valence-corrected chi connectivity index (χ0v) is 9.93. The number of aromatic nitrogens is 3. The molecule has 0 aliphatic heterocycles. The summed E-state index contributed by atoms with van der Waals surface area (Å²) in [6.45, 7) is 3.85. The molecule has 0 aliphatic carbocycles. The molecule has 0 radical (unpaired) electrons. The molecular formula is C13H16N4. The largest absolute Gasteiger partial charge is 0.313 e. The molecule has 1 N–H and O–H groups in total. The number of rotatable bonds is 5. The topological polar surface area (TPSA) is 50.7 Å². The lowest BCUT2D eigenvalue weighted by Crippen LogP contribution is -2.12. The number of hydrogen-bond donors (Lipinski definition) is 1. The third-order valence-electron chi connectivity index (χ3n) is 2.40. The fraction of sp³-hybridized carbons (Fsp3) is 0.308. The van der Waals surface area contributed by atoms with Gasteiger partial charge in [-0.15, -0.1) is 0 Å². The first-order valence-electron chi connectivity index (χ1n) is 5.79. The highest BCUT2D eigenvalue weighted by atomic mass is 14.9. The van der Waals surface area contributed by atoms with Gasteiger partial charge in [0, 0.05) is 42.8 Å². The van der Waals surface area contributed by atoms with E-state index in [0.717, 1.165) is 30.2 Å². The van der Waals surface area contributed by atoms with Crippen LogP contribution in [-0.2, 0) is 13.0 Å². The summed E-state index contributed by atoms with van der Waals surface area (Å²) >= 11 is 0. The average Bonchev–Trinajstić information content (AvgIpc) is 2.39. The minimum atomic E-state index is 0.683. The van der Waals surface area contributed by atoms with Gasteiger partial charge in [0.2, 0.25) is 0 Å². The molecule has 2 aromatic rings. The molecule has 0 atom stereocenters. The molecular weight excluding hydrogens is 212 g/mol. The molecule has 17 heavy (non-hydrogen) atoms. The molecule has 0 saturated heterocycles. The highest BCUT2D eigenvalue weighted by Gasteiger charge is 2.00. The van der Waals surface area contributed by atoms with Crippen molar-refractivity contribution in [1.29, 1.82) is 0 Å². The van der Waals surface area contributed by atoms with Gasteiger partial charge in [0.05, 0.1) is 0 Å². The van der Waals surface area contributed by atoms with Gasteiger partial charge >= 0.3 is 0 Å². The molecule has 0 aromatic carbocycles. The Morgan fingerprint density at radius 1 is 1.12 bits per heavy atom. The Labute approximate surface area is 101 Å². The van der Waals surface area contributed by atoms with Crippen LogP contribution < -0.4 is 5.32 Å². The lowest BCUT2D eigenvalue weighted by molar-refractivity contribution is 0.718. The molecule has 2 rings (SSSR count). The molecule has 0 bridgehead atoms. The number of nitrogens with one attached hydrogen (secondary N) is 1. The Bertz CT molecular complexity index is 439. The second-order valence-electron chi connectivity index (χ2n) is 3.79. The van der Waals surface area contributed by atoms with Crippen LogP contribution in [0.25, 0.3) is 0 Å². The summed E-state index contributed by atoms with van der Waals surface area (Å²) in [6, 6.07) is 5.86. The Morgan fingerprint density at radius 2 is 1.94 bits per heavy atom. The first kappa shape index (κ1) is 11.7. The molecule has 0 saturated carbocycles. The second kappa shape index (κ2) is 6.06. The van der Waals surface area contributed by atoms with Gasteiger partial charge in [-0.3, -0.25) is 4.98 Å². The molecule has 0 unspecified atom stereocenters. The Balaban J connectivity index is 1.98. The monoisotopic (exact) mass is 228 g/mol. The van der Waals surface area contributed by atoms with E-state index in [1.807, 2.05) is 30.6 Å². The normalized spacial score (nSPS) is 10.4. The minimum Gasteiger partial charge on any atom is -0.313 e. The van der Waals surface area contributed by atoms with E-state index < -0.39 is 0 Å². The zero-order valence-electron chi connectivity index (χ0n) is 9.93. The van der Waals surface area contributed by atoms with E-state index in [2.05, 4.69) is 27.2 Å². The van der Waals surface area contributed by atoms with Crippen molar-refractivity contribution in [1.82, 2.24) is 20.3 Å². The third kappa shape index (κ3) is 3.60. The third-order valence-corrected chi connectivity index (χ3v) is 2.40. The fourth-order valence-corrected chi connectivity index (χ4v) is 1.50. The van der Waals surface area contributed by atoms with Crippen molar-refractivity contribution in [2.75, 3.05) is 6.54 Å².